The Morgan fingerprint density at radius 3 is 2.62 bits per heavy atom. The summed E-state index contributed by atoms with van der Waals surface area (Å²) >= 11 is 15.4. The number of hydrogen-bond acceptors (Lipinski definition) is 4. The van der Waals surface area contributed by atoms with E-state index in [4.69, 9.17) is 28.2 Å². The molecule has 1 aliphatic heterocycles. The van der Waals surface area contributed by atoms with Gasteiger partial charge in [-0.05, 0) is 66.8 Å². The summed E-state index contributed by atoms with van der Waals surface area (Å²) in [5, 5.41) is 14.9. The summed E-state index contributed by atoms with van der Waals surface area (Å²) in [5.41, 5.74) is 2.27. The number of benzene rings is 2. The molecule has 32 heavy (non-hydrogen) atoms. The largest absolute Gasteiger partial charge is 0.506 e. The molecule has 4 aromatic rings. The van der Waals surface area contributed by atoms with E-state index in [2.05, 4.69) is 26.2 Å². The van der Waals surface area contributed by atoms with Gasteiger partial charge in [0.05, 0.1) is 17.4 Å². The number of nitrogens with zero attached hydrogens (tertiary/aromatic N) is 2. The molecule has 2 N–H and O–H groups in total. The van der Waals surface area contributed by atoms with E-state index < -0.39 is 0 Å². The summed E-state index contributed by atoms with van der Waals surface area (Å²) in [4.78, 5) is 6.36. The molecule has 0 spiro atoms. The molecule has 0 amide bonds. The van der Waals surface area contributed by atoms with E-state index >= 15 is 0 Å². The van der Waals surface area contributed by atoms with Crippen molar-refractivity contribution in [3.63, 3.8) is 0 Å². The third-order valence-electron chi connectivity index (χ3n) is 5.34. The van der Waals surface area contributed by atoms with Crippen LogP contribution in [0.2, 0.25) is 5.02 Å². The number of pyridine rings is 1. The summed E-state index contributed by atoms with van der Waals surface area (Å²) in [5.74, 6) is 1.50. The molecule has 3 heterocycles. The Bertz CT molecular complexity index is 1280. The number of thiocarbonyl (C=S) groups is 1. The van der Waals surface area contributed by atoms with Crippen LogP contribution < -0.4 is 10.2 Å². The normalized spacial score (nSPS) is 18.1. The third kappa shape index (κ3) is 3.88. The van der Waals surface area contributed by atoms with Gasteiger partial charge in [-0.1, -0.05) is 45.7 Å². The highest BCUT2D eigenvalue weighted by atomic mass is 79.9. The topological polar surface area (TPSA) is 61.5 Å². The minimum absolute atomic E-state index is 0.0740. The highest BCUT2D eigenvalue weighted by Gasteiger charge is 2.43. The molecule has 0 unspecified atom stereocenters. The number of halogens is 2. The Balaban J connectivity index is 1.62. The van der Waals surface area contributed by atoms with Gasteiger partial charge in [-0.25, -0.2) is 0 Å². The second-order valence-corrected chi connectivity index (χ2v) is 9.08. The lowest BCUT2D eigenvalue weighted by molar-refractivity contribution is 0.434. The second-order valence-electron chi connectivity index (χ2n) is 7.34. The van der Waals surface area contributed by atoms with Gasteiger partial charge in [0.2, 0.25) is 0 Å². The predicted molar refractivity (Wildman–Crippen MR) is 133 cm³/mol. The first-order valence-electron chi connectivity index (χ1n) is 9.86. The van der Waals surface area contributed by atoms with Crippen molar-refractivity contribution in [1.29, 1.82) is 0 Å². The molecule has 5 nitrogen and oxygen atoms in total. The predicted octanol–water partition coefficient (Wildman–Crippen LogP) is 6.64. The van der Waals surface area contributed by atoms with Crippen LogP contribution in [0.25, 0.3) is 11.3 Å². The first-order valence-corrected chi connectivity index (χ1v) is 11.4. The molecule has 1 aliphatic rings. The van der Waals surface area contributed by atoms with Gasteiger partial charge in [-0.3, -0.25) is 4.98 Å². The van der Waals surface area contributed by atoms with E-state index in [1.54, 1.807) is 24.4 Å². The second kappa shape index (κ2) is 8.58. The van der Waals surface area contributed by atoms with E-state index in [9.17, 15) is 5.11 Å². The Hall–Kier alpha value is -2.87. The standard InChI is InChI=1S/C24H17BrClN3O2S/c25-15-6-4-14(5-7-15)20-10-11-21(31-20)23-22(17-3-1-2-12-27-17)28-24(32)29(23)18-13-16(26)8-9-19(18)30/h1-13,22-23,30H,(H,28,32)/t22-,23-/m0/s1. The van der Waals surface area contributed by atoms with Crippen LogP contribution in [-0.2, 0) is 0 Å². The molecular formula is C24H17BrClN3O2S. The van der Waals surface area contributed by atoms with E-state index in [0.29, 0.717) is 21.6 Å². The maximum Gasteiger partial charge on any atom is 0.174 e. The fourth-order valence-electron chi connectivity index (χ4n) is 3.87. The molecule has 1 saturated heterocycles. The summed E-state index contributed by atoms with van der Waals surface area (Å²) < 4.78 is 7.31. The van der Waals surface area contributed by atoms with Crippen molar-refractivity contribution in [3.05, 3.63) is 99.9 Å². The van der Waals surface area contributed by atoms with Gasteiger partial charge in [0.25, 0.3) is 0 Å². The monoisotopic (exact) mass is 525 g/mol. The molecule has 8 heteroatoms. The van der Waals surface area contributed by atoms with Crippen molar-refractivity contribution in [2.24, 2.45) is 0 Å². The van der Waals surface area contributed by atoms with Gasteiger partial charge in [-0.2, -0.15) is 0 Å². The Labute approximate surface area is 203 Å². The van der Waals surface area contributed by atoms with Gasteiger partial charge in [0.15, 0.2) is 5.11 Å². The quantitative estimate of drug-likeness (QED) is 0.291. The van der Waals surface area contributed by atoms with Crippen LogP contribution in [0.15, 0.2) is 87.9 Å². The maximum atomic E-state index is 10.6. The first kappa shape index (κ1) is 21.0. The van der Waals surface area contributed by atoms with Crippen LogP contribution in [-0.4, -0.2) is 15.2 Å². The number of phenols is 1. The van der Waals surface area contributed by atoms with Crippen LogP contribution >= 0.6 is 39.7 Å². The van der Waals surface area contributed by atoms with Crippen molar-refractivity contribution in [1.82, 2.24) is 10.3 Å². The van der Waals surface area contributed by atoms with Crippen molar-refractivity contribution < 1.29 is 9.52 Å². The van der Waals surface area contributed by atoms with Gasteiger partial charge >= 0.3 is 0 Å². The van der Waals surface area contributed by atoms with Gasteiger partial charge in [0.1, 0.15) is 23.3 Å². The first-order chi connectivity index (χ1) is 15.5. The molecule has 2 atom stereocenters. The molecule has 0 bridgehead atoms. The molecule has 2 aromatic heterocycles. The molecular weight excluding hydrogens is 510 g/mol. The minimum atomic E-state index is -0.383. The summed E-state index contributed by atoms with van der Waals surface area (Å²) in [7, 11) is 0. The van der Waals surface area contributed by atoms with E-state index in [0.717, 1.165) is 21.5 Å². The minimum Gasteiger partial charge on any atom is -0.506 e. The van der Waals surface area contributed by atoms with Gasteiger partial charge in [-0.15, -0.1) is 0 Å². The third-order valence-corrected chi connectivity index (χ3v) is 6.42. The van der Waals surface area contributed by atoms with Crippen LogP contribution in [0.4, 0.5) is 5.69 Å². The number of nitrogens with one attached hydrogen (secondary N) is 1. The van der Waals surface area contributed by atoms with Crippen molar-refractivity contribution in [3.8, 4) is 17.1 Å². The lowest BCUT2D eigenvalue weighted by Crippen LogP contribution is -2.29. The molecule has 0 saturated carbocycles. The van der Waals surface area contributed by atoms with E-state index in [1.807, 2.05) is 59.5 Å². The number of rotatable bonds is 4. The van der Waals surface area contributed by atoms with Gasteiger partial charge < -0.3 is 19.7 Å². The van der Waals surface area contributed by atoms with Crippen molar-refractivity contribution in [2.75, 3.05) is 4.90 Å². The smallest absolute Gasteiger partial charge is 0.174 e. The molecule has 1 fully saturated rings. The SMILES string of the molecule is Oc1ccc(Cl)cc1N1C(=S)N[C@@H](c2ccccn2)[C@@H]1c1ccc(-c2ccc(Br)cc2)o1. The lowest BCUT2D eigenvalue weighted by Gasteiger charge is -2.26. The van der Waals surface area contributed by atoms with Crippen LogP contribution in [0.3, 0.4) is 0 Å². The summed E-state index contributed by atoms with van der Waals surface area (Å²) in [6, 6.07) is 21.7. The van der Waals surface area contributed by atoms with Crippen LogP contribution in [0.5, 0.6) is 5.75 Å². The van der Waals surface area contributed by atoms with Crippen molar-refractivity contribution in [2.45, 2.75) is 12.1 Å². The summed E-state index contributed by atoms with van der Waals surface area (Å²) in [6.07, 6.45) is 1.74. The average Bonchev–Trinajstić information content (AvgIpc) is 3.41. The molecule has 5 rings (SSSR count). The zero-order valence-corrected chi connectivity index (χ0v) is 19.7. The van der Waals surface area contributed by atoms with E-state index in [-0.39, 0.29) is 17.8 Å². The average molecular weight is 527 g/mol. The Morgan fingerprint density at radius 2 is 1.88 bits per heavy atom. The number of aromatic nitrogens is 1. The zero-order chi connectivity index (χ0) is 22.2. The maximum absolute atomic E-state index is 10.6. The van der Waals surface area contributed by atoms with Crippen LogP contribution in [0.1, 0.15) is 23.5 Å². The van der Waals surface area contributed by atoms with Crippen LogP contribution in [0, 0.1) is 0 Å². The zero-order valence-electron chi connectivity index (χ0n) is 16.6. The molecule has 0 radical (unpaired) electrons. The Morgan fingerprint density at radius 1 is 1.06 bits per heavy atom. The summed E-state index contributed by atoms with van der Waals surface area (Å²) in [6.45, 7) is 0. The number of anilines is 1. The number of hydrogen-bond donors (Lipinski definition) is 2. The fourth-order valence-corrected chi connectivity index (χ4v) is 4.64. The lowest BCUT2D eigenvalue weighted by atomic mass is 10.0. The highest BCUT2D eigenvalue weighted by molar-refractivity contribution is 9.10. The molecule has 0 aliphatic carbocycles. The number of furan rings is 1. The number of phenolic OH excluding ortho intramolecular Hbond substituents is 1. The van der Waals surface area contributed by atoms with E-state index in [1.165, 1.54) is 0 Å². The molecule has 160 valence electrons. The van der Waals surface area contributed by atoms with Crippen molar-refractivity contribution >= 4 is 50.5 Å². The molecule has 2 aromatic carbocycles. The van der Waals surface area contributed by atoms with Gasteiger partial charge in [0, 0.05) is 21.3 Å². The highest BCUT2D eigenvalue weighted by Crippen LogP contribution is 2.45. The Kier molecular flexibility index (Phi) is 5.63. The number of aromatic hydroxyl groups is 1. The fraction of sp³-hybridized carbons (Fsp3) is 0.0833.